The van der Waals surface area contributed by atoms with Crippen LogP contribution in [0.5, 0.6) is 0 Å². The van der Waals surface area contributed by atoms with Gasteiger partial charge in [0.25, 0.3) is 0 Å². The van der Waals surface area contributed by atoms with Crippen LogP contribution in [-0.4, -0.2) is 46.7 Å². The van der Waals surface area contributed by atoms with E-state index in [4.69, 9.17) is 0 Å². The first-order valence-electron chi connectivity index (χ1n) is 8.31. The van der Waals surface area contributed by atoms with Gasteiger partial charge >= 0.3 is 6.03 Å². The number of carbonyl (C=O) groups is 2. The van der Waals surface area contributed by atoms with Gasteiger partial charge in [0.1, 0.15) is 10.0 Å². The number of urea groups is 1. The molecule has 0 radical (unpaired) electrons. The van der Waals surface area contributed by atoms with Crippen LogP contribution in [0.1, 0.15) is 17.8 Å². The summed E-state index contributed by atoms with van der Waals surface area (Å²) in [5.41, 5.74) is 0.954. The molecule has 1 unspecified atom stereocenters. The second kappa shape index (κ2) is 6.44. The van der Waals surface area contributed by atoms with E-state index in [-0.39, 0.29) is 17.4 Å². The molecule has 2 aliphatic heterocycles. The van der Waals surface area contributed by atoms with Gasteiger partial charge in [0.05, 0.1) is 6.54 Å². The molecule has 1 aromatic heterocycles. The predicted octanol–water partition coefficient (Wildman–Crippen LogP) is 1.63. The van der Waals surface area contributed by atoms with Gasteiger partial charge in [-0.25, -0.2) is 4.79 Å². The van der Waals surface area contributed by atoms with E-state index in [0.717, 1.165) is 22.0 Å². The maximum Gasteiger partial charge on any atom is 0.317 e. The van der Waals surface area contributed by atoms with Gasteiger partial charge in [-0.05, 0) is 6.42 Å². The highest BCUT2D eigenvalue weighted by Gasteiger charge is 2.45. The summed E-state index contributed by atoms with van der Waals surface area (Å²) in [5.74, 6) is 0.0876. The molecule has 130 valence electrons. The Bertz CT molecular complexity index is 793. The number of carbonyl (C=O) groups excluding carboxylic acids is 2. The lowest BCUT2D eigenvalue weighted by molar-refractivity contribution is -0.119. The van der Waals surface area contributed by atoms with Crippen LogP contribution < -0.4 is 10.6 Å². The molecule has 2 N–H and O–H groups in total. The molecule has 2 aliphatic rings. The molecular formula is C17H19N5O2S. The molecule has 2 saturated heterocycles. The lowest BCUT2D eigenvalue weighted by atomic mass is 9.86. The van der Waals surface area contributed by atoms with Crippen molar-refractivity contribution in [2.75, 3.05) is 19.6 Å². The van der Waals surface area contributed by atoms with Crippen LogP contribution in [0.2, 0.25) is 0 Å². The third kappa shape index (κ3) is 3.34. The Kier molecular flexibility index (Phi) is 4.12. The maximum absolute atomic E-state index is 12.4. The lowest BCUT2D eigenvalue weighted by Gasteiger charge is -2.21. The molecule has 1 aromatic carbocycles. The summed E-state index contributed by atoms with van der Waals surface area (Å²) >= 11 is 1.48. The Morgan fingerprint density at radius 2 is 2.16 bits per heavy atom. The van der Waals surface area contributed by atoms with Gasteiger partial charge in [-0.15, -0.1) is 10.2 Å². The van der Waals surface area contributed by atoms with E-state index in [0.29, 0.717) is 32.6 Å². The number of amides is 3. The van der Waals surface area contributed by atoms with E-state index >= 15 is 0 Å². The molecule has 7 nitrogen and oxygen atoms in total. The van der Waals surface area contributed by atoms with Crippen molar-refractivity contribution in [2.45, 2.75) is 19.4 Å². The Morgan fingerprint density at radius 1 is 1.32 bits per heavy atom. The monoisotopic (exact) mass is 357 g/mol. The highest BCUT2D eigenvalue weighted by Crippen LogP contribution is 2.36. The first-order valence-corrected chi connectivity index (χ1v) is 9.13. The zero-order valence-corrected chi connectivity index (χ0v) is 14.5. The van der Waals surface area contributed by atoms with E-state index < -0.39 is 0 Å². The number of aromatic nitrogens is 2. The summed E-state index contributed by atoms with van der Waals surface area (Å²) in [7, 11) is 0. The van der Waals surface area contributed by atoms with Gasteiger partial charge in [-0.3, -0.25) is 4.79 Å². The standard InChI is InChI=1S/C17H19N5O2S/c23-13-8-17(10-19-13)6-7-22(11-17)16(24)18-9-14-20-21-15(25-14)12-4-2-1-3-5-12/h1-5H,6-11H2,(H,18,24)(H,19,23). The molecule has 3 amide bonds. The molecule has 2 fully saturated rings. The summed E-state index contributed by atoms with van der Waals surface area (Å²) < 4.78 is 0. The predicted molar refractivity (Wildman–Crippen MR) is 93.8 cm³/mol. The van der Waals surface area contributed by atoms with Crippen molar-refractivity contribution in [1.29, 1.82) is 0 Å². The Morgan fingerprint density at radius 3 is 2.92 bits per heavy atom. The van der Waals surface area contributed by atoms with E-state index in [1.54, 1.807) is 4.90 Å². The highest BCUT2D eigenvalue weighted by atomic mass is 32.1. The van der Waals surface area contributed by atoms with Crippen molar-refractivity contribution in [2.24, 2.45) is 5.41 Å². The normalized spacial score (nSPS) is 22.4. The number of benzene rings is 1. The van der Waals surface area contributed by atoms with Crippen LogP contribution in [0.25, 0.3) is 10.6 Å². The quantitative estimate of drug-likeness (QED) is 0.874. The zero-order valence-electron chi connectivity index (χ0n) is 13.7. The second-order valence-electron chi connectivity index (χ2n) is 6.65. The van der Waals surface area contributed by atoms with Crippen LogP contribution in [0.4, 0.5) is 4.79 Å². The van der Waals surface area contributed by atoms with Crippen molar-refractivity contribution >= 4 is 23.3 Å². The summed E-state index contributed by atoms with van der Waals surface area (Å²) in [5, 5.41) is 15.7. The fourth-order valence-electron chi connectivity index (χ4n) is 3.43. The number of rotatable bonds is 3. The van der Waals surface area contributed by atoms with Crippen LogP contribution >= 0.6 is 11.3 Å². The Hall–Kier alpha value is -2.48. The first kappa shape index (κ1) is 16.0. The minimum Gasteiger partial charge on any atom is -0.355 e. The SMILES string of the molecule is O=C1CC2(CCN(C(=O)NCc3nnc(-c4ccccc4)s3)C2)CN1. The third-order valence-electron chi connectivity index (χ3n) is 4.80. The first-order chi connectivity index (χ1) is 12.1. The molecule has 0 aliphatic carbocycles. The average Bonchev–Trinajstić information content (AvgIpc) is 3.35. The molecule has 1 atom stereocenters. The molecular weight excluding hydrogens is 338 g/mol. The van der Waals surface area contributed by atoms with Crippen LogP contribution in [0.15, 0.2) is 30.3 Å². The van der Waals surface area contributed by atoms with Crippen molar-refractivity contribution in [3.8, 4) is 10.6 Å². The minimum absolute atomic E-state index is 0.0718. The maximum atomic E-state index is 12.4. The zero-order chi connectivity index (χ0) is 17.3. The van der Waals surface area contributed by atoms with Gasteiger partial charge in [0.2, 0.25) is 5.91 Å². The number of likely N-dealkylation sites (tertiary alicyclic amines) is 1. The summed E-state index contributed by atoms with van der Waals surface area (Å²) in [6, 6.07) is 9.76. The van der Waals surface area contributed by atoms with Crippen molar-refractivity contribution in [3.63, 3.8) is 0 Å². The average molecular weight is 357 g/mol. The molecule has 0 bridgehead atoms. The molecule has 0 saturated carbocycles. The van der Waals surface area contributed by atoms with Crippen LogP contribution in [0, 0.1) is 5.41 Å². The van der Waals surface area contributed by atoms with Gasteiger partial charge in [-0.1, -0.05) is 41.7 Å². The fourth-order valence-corrected chi connectivity index (χ4v) is 4.22. The molecule has 25 heavy (non-hydrogen) atoms. The molecule has 4 rings (SSSR count). The third-order valence-corrected chi connectivity index (χ3v) is 5.77. The van der Waals surface area contributed by atoms with Crippen molar-refractivity contribution in [1.82, 2.24) is 25.7 Å². The van der Waals surface area contributed by atoms with Gasteiger partial charge < -0.3 is 15.5 Å². The van der Waals surface area contributed by atoms with Crippen molar-refractivity contribution in [3.05, 3.63) is 35.3 Å². The van der Waals surface area contributed by atoms with E-state index in [9.17, 15) is 9.59 Å². The smallest absolute Gasteiger partial charge is 0.317 e. The summed E-state index contributed by atoms with van der Waals surface area (Å²) in [4.78, 5) is 25.6. The topological polar surface area (TPSA) is 87.2 Å². The van der Waals surface area contributed by atoms with Gasteiger partial charge in [-0.2, -0.15) is 0 Å². The summed E-state index contributed by atoms with van der Waals surface area (Å²) in [6.07, 6.45) is 1.39. The van der Waals surface area contributed by atoms with E-state index in [1.165, 1.54) is 11.3 Å². The van der Waals surface area contributed by atoms with E-state index in [1.807, 2.05) is 30.3 Å². The number of nitrogens with one attached hydrogen (secondary N) is 2. The van der Waals surface area contributed by atoms with Crippen LogP contribution in [0.3, 0.4) is 0 Å². The number of hydrogen-bond donors (Lipinski definition) is 2. The summed E-state index contributed by atoms with van der Waals surface area (Å²) in [6.45, 7) is 2.35. The molecule has 1 spiro atoms. The molecule has 2 aromatic rings. The second-order valence-corrected chi connectivity index (χ2v) is 7.71. The van der Waals surface area contributed by atoms with Crippen LogP contribution in [-0.2, 0) is 11.3 Å². The number of hydrogen-bond acceptors (Lipinski definition) is 5. The Balaban J connectivity index is 1.32. The van der Waals surface area contributed by atoms with Gasteiger partial charge in [0, 0.05) is 37.0 Å². The minimum atomic E-state index is -0.104. The van der Waals surface area contributed by atoms with Gasteiger partial charge in [0.15, 0.2) is 0 Å². The molecule has 8 heteroatoms. The fraction of sp³-hybridized carbons (Fsp3) is 0.412. The van der Waals surface area contributed by atoms with Crippen molar-refractivity contribution < 1.29 is 9.59 Å². The lowest BCUT2D eigenvalue weighted by Crippen LogP contribution is -2.40. The highest BCUT2D eigenvalue weighted by molar-refractivity contribution is 7.14. The Labute approximate surface area is 149 Å². The van der Waals surface area contributed by atoms with E-state index in [2.05, 4.69) is 20.8 Å². The largest absolute Gasteiger partial charge is 0.355 e. The molecule has 3 heterocycles. The number of nitrogens with zero attached hydrogens (tertiary/aromatic N) is 3.